The van der Waals surface area contributed by atoms with Gasteiger partial charge in [0.05, 0.1) is 17.7 Å². The molecule has 0 radical (unpaired) electrons. The Balaban J connectivity index is 2.86. The van der Waals surface area contributed by atoms with Crippen molar-refractivity contribution in [2.24, 2.45) is 0 Å². The molecule has 6 heteroatoms. The van der Waals surface area contributed by atoms with Crippen LogP contribution in [0.2, 0.25) is 0 Å². The van der Waals surface area contributed by atoms with Crippen molar-refractivity contribution in [3.05, 3.63) is 0 Å². The third-order valence-electron chi connectivity index (χ3n) is 2.81. The molecule has 1 aliphatic rings. The fraction of sp³-hybridized carbons (Fsp3) is 0.846. The van der Waals surface area contributed by atoms with E-state index >= 15 is 0 Å². The molecule has 0 aliphatic carbocycles. The van der Waals surface area contributed by atoms with Crippen LogP contribution in [-0.2, 0) is 9.47 Å². The second kappa shape index (κ2) is 5.67. The highest BCUT2D eigenvalue weighted by molar-refractivity contribution is 5.75. The summed E-state index contributed by atoms with van der Waals surface area (Å²) in [5.74, 6) is 0. The quantitative estimate of drug-likeness (QED) is 0.775. The summed E-state index contributed by atoms with van der Waals surface area (Å²) in [5, 5.41) is 2.68. The van der Waals surface area contributed by atoms with Crippen molar-refractivity contribution in [1.29, 1.82) is 0 Å². The van der Waals surface area contributed by atoms with E-state index in [1.165, 1.54) is 10.0 Å². The molecule has 0 aromatic carbocycles. The Bertz CT molecular complexity index is 353. The minimum Gasteiger partial charge on any atom is -0.445 e. The Kier molecular flexibility index (Phi) is 4.66. The summed E-state index contributed by atoms with van der Waals surface area (Å²) in [7, 11) is 0. The van der Waals surface area contributed by atoms with Crippen LogP contribution in [0.25, 0.3) is 0 Å². The summed E-state index contributed by atoms with van der Waals surface area (Å²) in [5.41, 5.74) is -0.456. The molecule has 2 amide bonds. The Morgan fingerprint density at radius 2 is 1.47 bits per heavy atom. The molecule has 0 aromatic rings. The van der Waals surface area contributed by atoms with Gasteiger partial charge in [-0.25, -0.2) is 19.6 Å². The number of nitrogens with zero attached hydrogens (tertiary/aromatic N) is 2. The smallest absolute Gasteiger partial charge is 0.429 e. The van der Waals surface area contributed by atoms with Gasteiger partial charge in [0, 0.05) is 6.54 Å². The molecule has 1 fully saturated rings. The van der Waals surface area contributed by atoms with Crippen LogP contribution in [0, 0.1) is 0 Å². The largest absolute Gasteiger partial charge is 0.445 e. The highest BCUT2D eigenvalue weighted by Crippen LogP contribution is 2.30. The second-order valence-electron chi connectivity index (χ2n) is 5.86. The molecule has 6 nitrogen and oxygen atoms in total. The van der Waals surface area contributed by atoms with Gasteiger partial charge in [-0.2, -0.15) is 0 Å². The van der Waals surface area contributed by atoms with Crippen LogP contribution in [0.4, 0.5) is 9.59 Å². The minimum atomic E-state index is -0.516. The van der Waals surface area contributed by atoms with Crippen LogP contribution >= 0.6 is 0 Å². The first-order valence-electron chi connectivity index (χ1n) is 6.64. The average molecular weight is 272 g/mol. The van der Waals surface area contributed by atoms with E-state index in [-0.39, 0.29) is 12.2 Å². The van der Waals surface area contributed by atoms with Gasteiger partial charge in [0.1, 0.15) is 0 Å². The first-order valence-corrected chi connectivity index (χ1v) is 6.64. The van der Waals surface area contributed by atoms with E-state index in [1.54, 1.807) is 27.7 Å². The fourth-order valence-electron chi connectivity index (χ4n) is 1.94. The summed E-state index contributed by atoms with van der Waals surface area (Å²) >= 11 is 0. The van der Waals surface area contributed by atoms with Crippen LogP contribution in [-0.4, -0.2) is 46.5 Å². The lowest BCUT2D eigenvalue weighted by Crippen LogP contribution is -2.53. The molecule has 1 aliphatic heterocycles. The number of hydrogen-bond donors (Lipinski definition) is 0. The second-order valence-corrected chi connectivity index (χ2v) is 5.86. The molecule has 1 rings (SSSR count). The van der Waals surface area contributed by atoms with Crippen molar-refractivity contribution >= 4 is 12.2 Å². The molecule has 0 atom stereocenters. The molecular formula is C13H24N2O4. The fourth-order valence-corrected chi connectivity index (χ4v) is 1.94. The third kappa shape index (κ3) is 3.75. The predicted octanol–water partition coefficient (Wildman–Crippen LogP) is 2.78. The molecule has 0 saturated carbocycles. The predicted molar refractivity (Wildman–Crippen MR) is 70.5 cm³/mol. The van der Waals surface area contributed by atoms with Crippen LogP contribution in [0.5, 0.6) is 0 Å². The third-order valence-corrected chi connectivity index (χ3v) is 2.81. The molecule has 110 valence electrons. The molecule has 0 N–H and O–H groups in total. The maximum absolute atomic E-state index is 12.1. The normalized spacial score (nSPS) is 18.1. The number of rotatable bonds is 2. The molecule has 1 heterocycles. The summed E-state index contributed by atoms with van der Waals surface area (Å²) in [6.07, 6.45) is -0.793. The van der Waals surface area contributed by atoms with Gasteiger partial charge in [-0.15, -0.1) is 0 Å². The van der Waals surface area contributed by atoms with E-state index < -0.39 is 17.7 Å². The molecule has 0 unspecified atom stereocenters. The topological polar surface area (TPSA) is 59.1 Å². The zero-order valence-electron chi connectivity index (χ0n) is 12.6. The lowest BCUT2D eigenvalue weighted by Gasteiger charge is -2.35. The zero-order valence-corrected chi connectivity index (χ0v) is 12.6. The van der Waals surface area contributed by atoms with E-state index in [2.05, 4.69) is 0 Å². The number of amides is 2. The van der Waals surface area contributed by atoms with Gasteiger partial charge in [0.15, 0.2) is 0 Å². The van der Waals surface area contributed by atoms with Crippen molar-refractivity contribution in [1.82, 2.24) is 10.0 Å². The number of ether oxygens (including phenoxy) is 2. The average Bonchev–Trinajstić information content (AvgIpc) is 2.51. The summed E-state index contributed by atoms with van der Waals surface area (Å²) in [6, 6.07) is 0. The Morgan fingerprint density at radius 3 is 1.95 bits per heavy atom. The minimum absolute atomic E-state index is 0.223. The lowest BCUT2D eigenvalue weighted by molar-refractivity contribution is -0.0411. The lowest BCUT2D eigenvalue weighted by atomic mass is 10.0. The number of hydrazine groups is 1. The highest BCUT2D eigenvalue weighted by atomic mass is 16.6. The molecule has 19 heavy (non-hydrogen) atoms. The van der Waals surface area contributed by atoms with Gasteiger partial charge < -0.3 is 9.47 Å². The van der Waals surface area contributed by atoms with Crippen LogP contribution in [0.3, 0.4) is 0 Å². The van der Waals surface area contributed by atoms with Crippen LogP contribution < -0.4 is 0 Å². The first kappa shape index (κ1) is 15.6. The van der Waals surface area contributed by atoms with Gasteiger partial charge in [-0.1, -0.05) is 0 Å². The number of hydrogen-bond acceptors (Lipinski definition) is 4. The molecule has 0 spiro atoms. The summed E-state index contributed by atoms with van der Waals surface area (Å²) < 4.78 is 10.3. The zero-order chi connectivity index (χ0) is 14.8. The maximum Gasteiger partial charge on any atom is 0.429 e. The highest BCUT2D eigenvalue weighted by Gasteiger charge is 2.46. The van der Waals surface area contributed by atoms with Gasteiger partial charge in [0.2, 0.25) is 0 Å². The maximum atomic E-state index is 12.1. The molecule has 0 aromatic heterocycles. The molecule has 0 bridgehead atoms. The van der Waals surface area contributed by atoms with Gasteiger partial charge >= 0.3 is 12.2 Å². The Hall–Kier alpha value is -1.46. The summed E-state index contributed by atoms with van der Waals surface area (Å²) in [6.45, 7) is 11.3. The van der Waals surface area contributed by atoms with Crippen molar-refractivity contribution in [3.63, 3.8) is 0 Å². The van der Waals surface area contributed by atoms with E-state index in [4.69, 9.17) is 9.47 Å². The standard InChI is InChI=1S/C13H24N2O4/c1-9(2)18-11(16)14-8-7-13(5,6)15(14)12(17)19-10(3)4/h9-10H,7-8H2,1-6H3. The van der Waals surface area contributed by atoms with E-state index in [0.717, 1.165) is 0 Å². The van der Waals surface area contributed by atoms with E-state index in [1.807, 2.05) is 13.8 Å². The number of carbonyl (C=O) groups is 2. The van der Waals surface area contributed by atoms with Crippen molar-refractivity contribution in [2.75, 3.05) is 6.54 Å². The Labute approximate surface area is 114 Å². The molecule has 1 saturated heterocycles. The van der Waals surface area contributed by atoms with Gasteiger partial charge in [-0.05, 0) is 48.0 Å². The van der Waals surface area contributed by atoms with Crippen LogP contribution in [0.15, 0.2) is 0 Å². The van der Waals surface area contributed by atoms with Gasteiger partial charge in [-0.3, -0.25) is 0 Å². The van der Waals surface area contributed by atoms with Crippen molar-refractivity contribution < 1.29 is 19.1 Å². The van der Waals surface area contributed by atoms with Gasteiger partial charge in [0.25, 0.3) is 0 Å². The van der Waals surface area contributed by atoms with Crippen LogP contribution in [0.1, 0.15) is 48.0 Å². The summed E-state index contributed by atoms with van der Waals surface area (Å²) in [4.78, 5) is 24.1. The molecular weight excluding hydrogens is 248 g/mol. The number of carbonyl (C=O) groups excluding carboxylic acids is 2. The van der Waals surface area contributed by atoms with E-state index in [9.17, 15) is 9.59 Å². The van der Waals surface area contributed by atoms with E-state index in [0.29, 0.717) is 13.0 Å². The van der Waals surface area contributed by atoms with Crippen molar-refractivity contribution in [2.45, 2.75) is 65.7 Å². The Morgan fingerprint density at radius 1 is 1.00 bits per heavy atom. The SMILES string of the molecule is CC(C)OC(=O)N1CCC(C)(C)N1C(=O)OC(C)C. The monoisotopic (exact) mass is 272 g/mol. The first-order chi connectivity index (χ1) is 8.65. The van der Waals surface area contributed by atoms with Crippen molar-refractivity contribution in [3.8, 4) is 0 Å².